The third kappa shape index (κ3) is 3.89. The molecule has 2 aromatic rings. The largest absolute Gasteiger partial charge is 0.462 e. The third-order valence-corrected chi connectivity index (χ3v) is 3.12. The van der Waals surface area contributed by atoms with Gasteiger partial charge in [-0.15, -0.1) is 0 Å². The summed E-state index contributed by atoms with van der Waals surface area (Å²) >= 11 is 0. The molecular formula is C19H19NO2. The minimum absolute atomic E-state index is 0.306. The predicted octanol–water partition coefficient (Wildman–Crippen LogP) is 3.33. The molecule has 0 aromatic heterocycles. The summed E-state index contributed by atoms with van der Waals surface area (Å²) in [6.07, 6.45) is 0. The molecule has 0 amide bonds. The van der Waals surface area contributed by atoms with E-state index in [2.05, 4.69) is 11.8 Å². The van der Waals surface area contributed by atoms with Crippen molar-refractivity contribution >= 4 is 11.7 Å². The zero-order valence-corrected chi connectivity index (χ0v) is 13.1. The number of carbonyl (C=O) groups is 1. The smallest absolute Gasteiger partial charge is 0.338 e. The van der Waals surface area contributed by atoms with Crippen molar-refractivity contribution in [3.05, 3.63) is 65.2 Å². The van der Waals surface area contributed by atoms with Gasteiger partial charge in [-0.1, -0.05) is 24.0 Å². The SMILES string of the molecule is CCOC(=O)c1ccc(C#Cc2ccccc2N(C)C)cc1. The predicted molar refractivity (Wildman–Crippen MR) is 89.1 cm³/mol. The lowest BCUT2D eigenvalue weighted by Crippen LogP contribution is -2.10. The maximum Gasteiger partial charge on any atom is 0.338 e. The Kier molecular flexibility index (Phi) is 5.21. The lowest BCUT2D eigenvalue weighted by Gasteiger charge is -2.13. The fourth-order valence-corrected chi connectivity index (χ4v) is 2.01. The van der Waals surface area contributed by atoms with Gasteiger partial charge in [0.05, 0.1) is 17.9 Å². The van der Waals surface area contributed by atoms with Gasteiger partial charge < -0.3 is 9.64 Å². The highest BCUT2D eigenvalue weighted by Gasteiger charge is 2.05. The Balaban J connectivity index is 2.21. The average molecular weight is 293 g/mol. The minimum atomic E-state index is -0.306. The number of anilines is 1. The molecule has 0 aliphatic rings. The van der Waals surface area contributed by atoms with Crippen LogP contribution in [-0.2, 0) is 4.74 Å². The Morgan fingerprint density at radius 3 is 2.36 bits per heavy atom. The Morgan fingerprint density at radius 2 is 1.73 bits per heavy atom. The molecule has 22 heavy (non-hydrogen) atoms. The highest BCUT2D eigenvalue weighted by atomic mass is 16.5. The minimum Gasteiger partial charge on any atom is -0.462 e. The Hall–Kier alpha value is -2.73. The van der Waals surface area contributed by atoms with E-state index in [1.807, 2.05) is 55.4 Å². The van der Waals surface area contributed by atoms with E-state index in [0.717, 1.165) is 16.8 Å². The van der Waals surface area contributed by atoms with Crippen molar-refractivity contribution in [1.82, 2.24) is 0 Å². The van der Waals surface area contributed by atoms with Crippen LogP contribution >= 0.6 is 0 Å². The molecule has 3 heteroatoms. The topological polar surface area (TPSA) is 29.5 Å². The molecule has 2 aromatic carbocycles. The molecule has 3 nitrogen and oxygen atoms in total. The van der Waals surface area contributed by atoms with Gasteiger partial charge in [-0.3, -0.25) is 0 Å². The highest BCUT2D eigenvalue weighted by molar-refractivity contribution is 5.89. The van der Waals surface area contributed by atoms with Crippen LogP contribution in [0.1, 0.15) is 28.4 Å². The van der Waals surface area contributed by atoms with Crippen LogP contribution in [0.3, 0.4) is 0 Å². The summed E-state index contributed by atoms with van der Waals surface area (Å²) in [5, 5.41) is 0. The molecule has 0 radical (unpaired) electrons. The zero-order valence-electron chi connectivity index (χ0n) is 13.1. The number of nitrogens with zero attached hydrogens (tertiary/aromatic N) is 1. The molecule has 0 aliphatic carbocycles. The summed E-state index contributed by atoms with van der Waals surface area (Å²) in [7, 11) is 3.99. The van der Waals surface area contributed by atoms with Crippen molar-refractivity contribution in [2.45, 2.75) is 6.92 Å². The number of ether oxygens (including phenoxy) is 1. The summed E-state index contributed by atoms with van der Waals surface area (Å²) in [6, 6.07) is 15.1. The summed E-state index contributed by atoms with van der Waals surface area (Å²) in [5.74, 6) is 6.00. The fourth-order valence-electron chi connectivity index (χ4n) is 2.01. The lowest BCUT2D eigenvalue weighted by molar-refractivity contribution is 0.0526. The monoisotopic (exact) mass is 293 g/mol. The molecule has 0 bridgehead atoms. The van der Waals surface area contributed by atoms with E-state index < -0.39 is 0 Å². The van der Waals surface area contributed by atoms with E-state index >= 15 is 0 Å². The van der Waals surface area contributed by atoms with E-state index in [4.69, 9.17) is 4.74 Å². The van der Waals surface area contributed by atoms with Gasteiger partial charge in [-0.05, 0) is 43.3 Å². The second kappa shape index (κ2) is 7.33. The number of para-hydroxylation sites is 1. The van der Waals surface area contributed by atoms with Crippen LogP contribution < -0.4 is 4.90 Å². The standard InChI is InChI=1S/C19H19NO2/c1-4-22-19(21)17-13-10-15(11-14-17)9-12-16-7-5-6-8-18(16)20(2)3/h5-8,10-11,13-14H,4H2,1-3H3. The molecule has 0 saturated carbocycles. The number of benzene rings is 2. The van der Waals surface area contributed by atoms with Crippen LogP contribution in [0.15, 0.2) is 48.5 Å². The second-order valence-corrected chi connectivity index (χ2v) is 4.96. The molecule has 0 saturated heterocycles. The molecule has 0 atom stereocenters. The molecule has 2 rings (SSSR count). The number of carbonyl (C=O) groups excluding carboxylic acids is 1. The van der Waals surface area contributed by atoms with Gasteiger partial charge >= 0.3 is 5.97 Å². The first-order valence-electron chi connectivity index (χ1n) is 7.17. The van der Waals surface area contributed by atoms with Crippen molar-refractivity contribution in [2.24, 2.45) is 0 Å². The van der Waals surface area contributed by atoms with Crippen LogP contribution in [0.2, 0.25) is 0 Å². The number of rotatable bonds is 3. The highest BCUT2D eigenvalue weighted by Crippen LogP contribution is 2.16. The summed E-state index contributed by atoms with van der Waals surface area (Å²) < 4.78 is 4.96. The van der Waals surface area contributed by atoms with Gasteiger partial charge in [0.15, 0.2) is 0 Å². The summed E-state index contributed by atoms with van der Waals surface area (Å²) in [4.78, 5) is 13.6. The van der Waals surface area contributed by atoms with Crippen LogP contribution in [0.5, 0.6) is 0 Å². The van der Waals surface area contributed by atoms with Gasteiger partial charge in [0.25, 0.3) is 0 Å². The van der Waals surface area contributed by atoms with Crippen molar-refractivity contribution in [3.8, 4) is 11.8 Å². The van der Waals surface area contributed by atoms with E-state index in [-0.39, 0.29) is 5.97 Å². The van der Waals surface area contributed by atoms with Crippen LogP contribution in [0.25, 0.3) is 0 Å². The average Bonchev–Trinajstić information content (AvgIpc) is 2.54. The maximum atomic E-state index is 11.6. The first-order chi connectivity index (χ1) is 10.6. The molecule has 112 valence electrons. The third-order valence-electron chi connectivity index (χ3n) is 3.12. The molecule has 0 heterocycles. The van der Waals surface area contributed by atoms with Gasteiger partial charge in [0, 0.05) is 25.2 Å². The summed E-state index contributed by atoms with van der Waals surface area (Å²) in [6.45, 7) is 2.17. The van der Waals surface area contributed by atoms with Crippen LogP contribution in [-0.4, -0.2) is 26.7 Å². The van der Waals surface area contributed by atoms with Crippen molar-refractivity contribution in [1.29, 1.82) is 0 Å². The van der Waals surface area contributed by atoms with Gasteiger partial charge in [-0.2, -0.15) is 0 Å². The van der Waals surface area contributed by atoms with Crippen molar-refractivity contribution < 1.29 is 9.53 Å². The Labute approximate surface area is 131 Å². The lowest BCUT2D eigenvalue weighted by atomic mass is 10.1. The Bertz CT molecular complexity index is 706. The quantitative estimate of drug-likeness (QED) is 0.642. The van der Waals surface area contributed by atoms with Crippen molar-refractivity contribution in [3.63, 3.8) is 0 Å². The normalized spacial score (nSPS) is 9.59. The maximum absolute atomic E-state index is 11.6. The molecule has 0 aliphatic heterocycles. The zero-order chi connectivity index (χ0) is 15.9. The number of hydrogen-bond donors (Lipinski definition) is 0. The van der Waals surface area contributed by atoms with Crippen LogP contribution in [0, 0.1) is 11.8 Å². The van der Waals surface area contributed by atoms with Gasteiger partial charge in [0.2, 0.25) is 0 Å². The van der Waals surface area contributed by atoms with E-state index in [1.165, 1.54) is 0 Å². The molecule has 0 spiro atoms. The first-order valence-corrected chi connectivity index (χ1v) is 7.17. The number of hydrogen-bond acceptors (Lipinski definition) is 3. The van der Waals surface area contributed by atoms with Gasteiger partial charge in [0.1, 0.15) is 0 Å². The Morgan fingerprint density at radius 1 is 1.05 bits per heavy atom. The number of esters is 1. The van der Waals surface area contributed by atoms with Crippen molar-refractivity contribution in [2.75, 3.05) is 25.6 Å². The van der Waals surface area contributed by atoms with E-state index in [0.29, 0.717) is 12.2 Å². The first kappa shape index (κ1) is 15.7. The summed E-state index contributed by atoms with van der Waals surface area (Å²) in [5.41, 5.74) is 3.46. The second-order valence-electron chi connectivity index (χ2n) is 4.96. The molecule has 0 unspecified atom stereocenters. The van der Waals surface area contributed by atoms with Crippen LogP contribution in [0.4, 0.5) is 5.69 Å². The van der Waals surface area contributed by atoms with E-state index in [9.17, 15) is 4.79 Å². The molecule has 0 N–H and O–H groups in total. The van der Waals surface area contributed by atoms with E-state index in [1.54, 1.807) is 19.1 Å². The molecule has 0 fully saturated rings. The fraction of sp³-hybridized carbons (Fsp3) is 0.211. The van der Waals surface area contributed by atoms with Gasteiger partial charge in [-0.25, -0.2) is 4.79 Å². The molecular weight excluding hydrogens is 274 g/mol.